The molecule has 232 valence electrons. The number of phenolic OH excluding ortho intramolecular Hbond substituents is 1. The van der Waals surface area contributed by atoms with Gasteiger partial charge in [-0.2, -0.15) is 9.97 Å². The lowest BCUT2D eigenvalue weighted by Gasteiger charge is -2.33. The van der Waals surface area contributed by atoms with Crippen molar-refractivity contribution in [3.63, 3.8) is 0 Å². The van der Waals surface area contributed by atoms with Gasteiger partial charge in [-0.25, -0.2) is 13.2 Å². The van der Waals surface area contributed by atoms with E-state index in [9.17, 15) is 18.7 Å². The third kappa shape index (κ3) is 5.01. The molecule has 1 N–H and O–H groups in total. The molecule has 11 heteroatoms. The number of hydrogen-bond donors (Lipinski definition) is 1. The third-order valence-electron chi connectivity index (χ3n) is 9.72. The Hall–Kier alpha value is -4.43. The fourth-order valence-corrected chi connectivity index (χ4v) is 7.43. The van der Waals surface area contributed by atoms with Gasteiger partial charge in [0.2, 0.25) is 0 Å². The van der Waals surface area contributed by atoms with E-state index in [1.54, 1.807) is 0 Å². The molecular weight excluding hydrogens is 583 g/mol. The van der Waals surface area contributed by atoms with Crippen LogP contribution >= 0.6 is 0 Å². The maximum Gasteiger partial charge on any atom is 0.319 e. The van der Waals surface area contributed by atoms with Gasteiger partial charge in [0, 0.05) is 56.0 Å². The minimum atomic E-state index is -0.942. The van der Waals surface area contributed by atoms with E-state index >= 15 is 4.39 Å². The highest BCUT2D eigenvalue weighted by Gasteiger charge is 2.49. The van der Waals surface area contributed by atoms with Gasteiger partial charge in [0.25, 0.3) is 0 Å². The summed E-state index contributed by atoms with van der Waals surface area (Å²) in [5, 5.41) is 11.5. The summed E-state index contributed by atoms with van der Waals surface area (Å²) in [6.45, 7) is 1.30. The molecule has 2 aliphatic heterocycles. The van der Waals surface area contributed by atoms with Crippen LogP contribution in [-0.2, 0) is 4.79 Å². The molecule has 3 fully saturated rings. The predicted molar refractivity (Wildman–Crippen MR) is 164 cm³/mol. The van der Waals surface area contributed by atoms with Gasteiger partial charge in [0.05, 0.1) is 16.5 Å². The van der Waals surface area contributed by atoms with E-state index < -0.39 is 23.3 Å². The van der Waals surface area contributed by atoms with Crippen LogP contribution in [0.2, 0.25) is 0 Å². The molecule has 3 aliphatic rings. The Bertz CT molecular complexity index is 1890. The fourth-order valence-electron chi connectivity index (χ4n) is 7.43. The molecule has 4 heterocycles. The molecular formula is C34H32F3N5O3. The van der Waals surface area contributed by atoms with Crippen molar-refractivity contribution in [3.8, 4) is 35.4 Å². The van der Waals surface area contributed by atoms with Crippen molar-refractivity contribution in [1.29, 1.82) is 0 Å². The Kier molecular flexibility index (Phi) is 7.28. The standard InChI is InChI=1S/C34H32F3N5O3/c1-3-24-27(36)10-5-19-13-23(44)14-25(28(19)24)30-29(37)31-26(16-38-30)32(41(2)21-6-8-22(43)9-7-21)40-33(39-31)45-18-34-11-4-12-42(34)17-20(35)15-34/h1,5,10,13-14,16,20-21,44H,4,6-9,11-12,15,17-18H2,2H3/t20-,34+/m1/s1. The number of terminal acetylenes is 1. The largest absolute Gasteiger partial charge is 0.508 e. The van der Waals surface area contributed by atoms with Gasteiger partial charge >= 0.3 is 6.01 Å². The smallest absolute Gasteiger partial charge is 0.319 e. The molecule has 2 saturated heterocycles. The summed E-state index contributed by atoms with van der Waals surface area (Å²) in [6.07, 6.45) is 10.4. The Morgan fingerprint density at radius 1 is 1.22 bits per heavy atom. The number of benzene rings is 2. The normalized spacial score (nSPS) is 22.2. The van der Waals surface area contributed by atoms with Gasteiger partial charge in [-0.05, 0) is 55.8 Å². The molecule has 8 nitrogen and oxygen atoms in total. The van der Waals surface area contributed by atoms with Crippen LogP contribution in [0.15, 0.2) is 30.5 Å². The van der Waals surface area contributed by atoms with Crippen LogP contribution in [0.1, 0.15) is 50.5 Å². The molecule has 45 heavy (non-hydrogen) atoms. The molecule has 0 unspecified atom stereocenters. The van der Waals surface area contributed by atoms with E-state index in [2.05, 4.69) is 20.8 Å². The van der Waals surface area contributed by atoms with Crippen molar-refractivity contribution in [3.05, 3.63) is 47.7 Å². The van der Waals surface area contributed by atoms with Crippen molar-refractivity contribution >= 4 is 33.3 Å². The average molecular weight is 616 g/mol. The number of pyridine rings is 1. The third-order valence-corrected chi connectivity index (χ3v) is 9.72. The summed E-state index contributed by atoms with van der Waals surface area (Å²) in [5.74, 6) is 1.29. The van der Waals surface area contributed by atoms with E-state index in [1.807, 2.05) is 11.9 Å². The van der Waals surface area contributed by atoms with Crippen molar-refractivity contribution in [2.45, 2.75) is 62.7 Å². The molecule has 4 aromatic rings. The summed E-state index contributed by atoms with van der Waals surface area (Å²) in [6, 6.07) is 5.28. The molecule has 0 spiro atoms. The van der Waals surface area contributed by atoms with Crippen molar-refractivity contribution in [2.75, 3.05) is 31.6 Å². The lowest BCUT2D eigenvalue weighted by molar-refractivity contribution is -0.120. The number of carbonyl (C=O) groups excluding carboxylic acids is 1. The van der Waals surface area contributed by atoms with Crippen LogP contribution in [0.3, 0.4) is 0 Å². The molecule has 2 aromatic heterocycles. The Morgan fingerprint density at radius 2 is 2.02 bits per heavy atom. The second kappa shape index (κ2) is 11.2. The average Bonchev–Trinajstić information content (AvgIpc) is 3.55. The van der Waals surface area contributed by atoms with Gasteiger partial charge in [-0.3, -0.25) is 14.7 Å². The zero-order valence-electron chi connectivity index (χ0n) is 24.8. The second-order valence-corrected chi connectivity index (χ2v) is 12.4. The molecule has 1 saturated carbocycles. The van der Waals surface area contributed by atoms with E-state index in [0.29, 0.717) is 55.2 Å². The predicted octanol–water partition coefficient (Wildman–Crippen LogP) is 5.71. The molecule has 0 bridgehead atoms. The van der Waals surface area contributed by atoms with Crippen LogP contribution in [-0.4, -0.2) is 75.2 Å². The number of fused-ring (bicyclic) bond motifs is 3. The van der Waals surface area contributed by atoms with E-state index in [0.717, 1.165) is 19.4 Å². The number of carbonyl (C=O) groups is 1. The number of rotatable bonds is 6. The maximum atomic E-state index is 16.7. The van der Waals surface area contributed by atoms with Crippen LogP contribution in [0, 0.1) is 24.0 Å². The maximum absolute atomic E-state index is 16.7. The zero-order valence-corrected chi connectivity index (χ0v) is 24.8. The number of hydrogen-bond acceptors (Lipinski definition) is 8. The number of aromatic nitrogens is 3. The lowest BCUT2D eigenvalue weighted by atomic mass is 9.93. The van der Waals surface area contributed by atoms with Crippen LogP contribution in [0.5, 0.6) is 11.8 Å². The minimum absolute atomic E-state index is 0.0291. The van der Waals surface area contributed by atoms with Gasteiger partial charge in [0.15, 0.2) is 5.82 Å². The summed E-state index contributed by atoms with van der Waals surface area (Å²) < 4.78 is 52.1. The first-order chi connectivity index (χ1) is 21.7. The number of Topliss-reactive ketones (excluding diaryl/α,β-unsaturated/α-hetero) is 1. The SMILES string of the molecule is C#Cc1c(F)ccc2cc(O)cc(-c3ncc4c(N(C)C5CCC(=O)CC5)nc(OC[C@@]56CCCN5C[C@H](F)C6)nc4c3F)c12. The Morgan fingerprint density at radius 3 is 2.80 bits per heavy atom. The number of phenols is 1. The zero-order chi connectivity index (χ0) is 31.5. The van der Waals surface area contributed by atoms with Crippen molar-refractivity contribution in [1.82, 2.24) is 19.9 Å². The molecule has 1 aliphatic carbocycles. The van der Waals surface area contributed by atoms with Crippen LogP contribution in [0.25, 0.3) is 32.9 Å². The number of nitrogens with zero attached hydrogens (tertiary/aromatic N) is 5. The van der Waals surface area contributed by atoms with E-state index in [1.165, 1.54) is 30.5 Å². The number of aromatic hydroxyl groups is 1. The summed E-state index contributed by atoms with van der Waals surface area (Å²) in [5.41, 5.74) is -0.691. The number of halogens is 3. The Labute approximate surface area is 258 Å². The van der Waals surface area contributed by atoms with E-state index in [4.69, 9.17) is 16.1 Å². The number of ketones is 1. The van der Waals surface area contributed by atoms with Gasteiger partial charge in [0.1, 0.15) is 47.2 Å². The second-order valence-electron chi connectivity index (χ2n) is 12.4. The van der Waals surface area contributed by atoms with Crippen molar-refractivity contribution < 1.29 is 27.8 Å². The minimum Gasteiger partial charge on any atom is -0.508 e. The fraction of sp³-hybridized carbons (Fsp3) is 0.412. The highest BCUT2D eigenvalue weighted by atomic mass is 19.1. The highest BCUT2D eigenvalue weighted by molar-refractivity contribution is 6.03. The number of ether oxygens (including phenoxy) is 1. The summed E-state index contributed by atoms with van der Waals surface area (Å²) in [7, 11) is 1.84. The van der Waals surface area contributed by atoms with Crippen molar-refractivity contribution in [2.24, 2.45) is 0 Å². The molecule has 7 rings (SSSR count). The first kappa shape index (κ1) is 29.3. The highest BCUT2D eigenvalue weighted by Crippen LogP contribution is 2.42. The van der Waals surface area contributed by atoms with Crippen LogP contribution in [0.4, 0.5) is 19.0 Å². The summed E-state index contributed by atoms with van der Waals surface area (Å²) >= 11 is 0. The Balaban J connectivity index is 1.37. The first-order valence-electron chi connectivity index (χ1n) is 15.2. The van der Waals surface area contributed by atoms with Gasteiger partial charge in [-0.15, -0.1) is 6.42 Å². The van der Waals surface area contributed by atoms with Crippen LogP contribution < -0.4 is 9.64 Å². The molecule has 0 amide bonds. The monoisotopic (exact) mass is 615 g/mol. The molecule has 2 aromatic carbocycles. The summed E-state index contributed by atoms with van der Waals surface area (Å²) in [4.78, 5) is 29.6. The number of alkyl halides is 1. The number of anilines is 1. The molecule has 0 radical (unpaired) electrons. The first-order valence-corrected chi connectivity index (χ1v) is 15.2. The lowest BCUT2D eigenvalue weighted by Crippen LogP contribution is -2.43. The quantitative estimate of drug-likeness (QED) is 0.276. The van der Waals surface area contributed by atoms with E-state index in [-0.39, 0.29) is 57.9 Å². The van der Waals surface area contributed by atoms with Gasteiger partial charge in [-0.1, -0.05) is 12.0 Å². The van der Waals surface area contributed by atoms with Gasteiger partial charge < -0.3 is 14.7 Å². The molecule has 2 atom stereocenters. The topological polar surface area (TPSA) is 91.7 Å².